The summed E-state index contributed by atoms with van der Waals surface area (Å²) in [4.78, 5) is 0. The van der Waals surface area contributed by atoms with Crippen LogP contribution in [0.1, 0.15) is 53.4 Å². The molecule has 2 unspecified atom stereocenters. The Labute approximate surface area is 66.0 Å². The van der Waals surface area contributed by atoms with Crippen LogP contribution in [0.5, 0.6) is 0 Å². The van der Waals surface area contributed by atoms with E-state index in [1.54, 1.807) is 0 Å². The molecule has 10 heavy (non-hydrogen) atoms. The summed E-state index contributed by atoms with van der Waals surface area (Å²) < 4.78 is 0. The van der Waals surface area contributed by atoms with Crippen molar-refractivity contribution in [2.45, 2.75) is 53.4 Å². The molecule has 0 aliphatic rings. The highest BCUT2D eigenvalue weighted by Gasteiger charge is 2.11. The largest absolute Gasteiger partial charge is 0.0654 e. The monoisotopic (exact) mass is 142 g/mol. The van der Waals surface area contributed by atoms with E-state index in [9.17, 15) is 0 Å². The third-order valence-corrected chi connectivity index (χ3v) is 2.63. The maximum absolute atomic E-state index is 2.38. The van der Waals surface area contributed by atoms with E-state index in [0.717, 1.165) is 11.8 Å². The average Bonchev–Trinajstić information content (AvgIpc) is 1.99. The second-order valence-electron chi connectivity index (χ2n) is 3.34. The Bertz CT molecular complexity index is 66.4. The second kappa shape index (κ2) is 5.76. The van der Waals surface area contributed by atoms with Crippen LogP contribution in [0.3, 0.4) is 0 Å². The molecule has 2 atom stereocenters. The molecule has 0 aromatic heterocycles. The molecule has 0 nitrogen and oxygen atoms in total. The van der Waals surface area contributed by atoms with E-state index in [2.05, 4.69) is 27.7 Å². The highest BCUT2D eigenvalue weighted by atomic mass is 14.2. The average molecular weight is 142 g/mol. The molecule has 0 aromatic rings. The second-order valence-corrected chi connectivity index (χ2v) is 3.34. The first-order chi connectivity index (χ1) is 4.76. The van der Waals surface area contributed by atoms with E-state index in [1.165, 1.54) is 25.7 Å². The van der Waals surface area contributed by atoms with Crippen molar-refractivity contribution in [1.29, 1.82) is 0 Å². The van der Waals surface area contributed by atoms with Gasteiger partial charge in [-0.2, -0.15) is 0 Å². The van der Waals surface area contributed by atoms with Gasteiger partial charge in [0.2, 0.25) is 0 Å². The first kappa shape index (κ1) is 10.0. The highest BCUT2D eigenvalue weighted by molar-refractivity contribution is 4.62. The van der Waals surface area contributed by atoms with E-state index < -0.39 is 0 Å². The van der Waals surface area contributed by atoms with Crippen LogP contribution in [0, 0.1) is 11.8 Å². The van der Waals surface area contributed by atoms with Crippen LogP contribution < -0.4 is 0 Å². The predicted molar refractivity (Wildman–Crippen MR) is 48.1 cm³/mol. The molecule has 0 amide bonds. The van der Waals surface area contributed by atoms with Crippen LogP contribution in [0.15, 0.2) is 0 Å². The molecule has 0 N–H and O–H groups in total. The van der Waals surface area contributed by atoms with Gasteiger partial charge in [0.25, 0.3) is 0 Å². The molecule has 0 aromatic carbocycles. The van der Waals surface area contributed by atoms with Crippen LogP contribution >= 0.6 is 0 Å². The third-order valence-electron chi connectivity index (χ3n) is 2.63. The molecule has 0 aliphatic carbocycles. The lowest BCUT2D eigenvalue weighted by Crippen LogP contribution is -2.09. The van der Waals surface area contributed by atoms with Gasteiger partial charge in [-0.05, 0) is 11.8 Å². The van der Waals surface area contributed by atoms with Crippen molar-refractivity contribution in [3.8, 4) is 0 Å². The molecule has 0 rings (SSSR count). The molecular weight excluding hydrogens is 120 g/mol. The Balaban J connectivity index is 3.56. The zero-order chi connectivity index (χ0) is 7.98. The minimum Gasteiger partial charge on any atom is -0.0654 e. The van der Waals surface area contributed by atoms with E-state index in [0.29, 0.717) is 0 Å². The van der Waals surface area contributed by atoms with Gasteiger partial charge in [0.15, 0.2) is 0 Å². The zero-order valence-electron chi connectivity index (χ0n) is 7.98. The fourth-order valence-corrected chi connectivity index (χ4v) is 1.60. The molecule has 0 heteroatoms. The van der Waals surface area contributed by atoms with Gasteiger partial charge < -0.3 is 0 Å². The molecule has 0 radical (unpaired) electrons. The summed E-state index contributed by atoms with van der Waals surface area (Å²) in [5.41, 5.74) is 0. The molecule has 0 heterocycles. The molecule has 0 fully saturated rings. The smallest absolute Gasteiger partial charge is 0.0391 e. The maximum atomic E-state index is 2.38. The number of hydrogen-bond acceptors (Lipinski definition) is 0. The summed E-state index contributed by atoms with van der Waals surface area (Å²) in [6.07, 6.45) is 5.48. The first-order valence-electron chi connectivity index (χ1n) is 4.76. The van der Waals surface area contributed by atoms with E-state index >= 15 is 0 Å². The van der Waals surface area contributed by atoms with E-state index in [4.69, 9.17) is 0 Å². The van der Waals surface area contributed by atoms with Gasteiger partial charge in [-0.15, -0.1) is 0 Å². The van der Waals surface area contributed by atoms with Crippen molar-refractivity contribution in [3.63, 3.8) is 0 Å². The van der Waals surface area contributed by atoms with E-state index in [1.807, 2.05) is 0 Å². The fraction of sp³-hybridized carbons (Fsp3) is 1.00. The van der Waals surface area contributed by atoms with Crippen LogP contribution in [-0.2, 0) is 0 Å². The van der Waals surface area contributed by atoms with Crippen molar-refractivity contribution < 1.29 is 0 Å². The van der Waals surface area contributed by atoms with Crippen molar-refractivity contribution in [2.24, 2.45) is 11.8 Å². The zero-order valence-corrected chi connectivity index (χ0v) is 7.98. The summed E-state index contributed by atoms with van der Waals surface area (Å²) in [7, 11) is 0. The quantitative estimate of drug-likeness (QED) is 0.547. The first-order valence-corrected chi connectivity index (χ1v) is 4.76. The molecule has 0 spiro atoms. The maximum Gasteiger partial charge on any atom is -0.0391 e. The van der Waals surface area contributed by atoms with Gasteiger partial charge in [0.05, 0.1) is 0 Å². The predicted octanol–water partition coefficient (Wildman–Crippen LogP) is 3.86. The van der Waals surface area contributed by atoms with E-state index in [-0.39, 0.29) is 0 Å². The Morgan fingerprint density at radius 3 is 1.90 bits per heavy atom. The topological polar surface area (TPSA) is 0 Å². The minimum atomic E-state index is 0.935. The lowest BCUT2D eigenvalue weighted by atomic mass is 9.86. The Morgan fingerprint density at radius 1 is 1.00 bits per heavy atom. The summed E-state index contributed by atoms with van der Waals surface area (Å²) >= 11 is 0. The fourth-order valence-electron chi connectivity index (χ4n) is 1.60. The lowest BCUT2D eigenvalue weighted by molar-refractivity contribution is 0.315. The van der Waals surface area contributed by atoms with Gasteiger partial charge in [0.1, 0.15) is 0 Å². The molecule has 62 valence electrons. The highest BCUT2D eigenvalue weighted by Crippen LogP contribution is 2.22. The van der Waals surface area contributed by atoms with Crippen molar-refractivity contribution >= 4 is 0 Å². The summed E-state index contributed by atoms with van der Waals surface area (Å²) in [5.74, 6) is 1.92. The summed E-state index contributed by atoms with van der Waals surface area (Å²) in [5, 5.41) is 0. The molecule has 0 saturated carbocycles. The molecular formula is C10H22. The van der Waals surface area contributed by atoms with Crippen LogP contribution in [-0.4, -0.2) is 0 Å². The van der Waals surface area contributed by atoms with Gasteiger partial charge in [-0.25, -0.2) is 0 Å². The summed E-state index contributed by atoms with van der Waals surface area (Å²) in [6, 6.07) is 0. The Morgan fingerprint density at radius 2 is 1.60 bits per heavy atom. The van der Waals surface area contributed by atoms with Crippen LogP contribution in [0.4, 0.5) is 0 Å². The van der Waals surface area contributed by atoms with Crippen molar-refractivity contribution in [3.05, 3.63) is 0 Å². The van der Waals surface area contributed by atoms with Crippen molar-refractivity contribution in [1.82, 2.24) is 0 Å². The van der Waals surface area contributed by atoms with Crippen LogP contribution in [0.2, 0.25) is 0 Å². The summed E-state index contributed by atoms with van der Waals surface area (Å²) in [6.45, 7) is 9.27. The van der Waals surface area contributed by atoms with Crippen LogP contribution in [0.25, 0.3) is 0 Å². The standard InChI is InChI=1S/C10H22/c1-5-8-10(7-3)9(4)6-2/h9-10H,5-8H2,1-4H3. The molecule has 0 aliphatic heterocycles. The van der Waals surface area contributed by atoms with Gasteiger partial charge in [-0.1, -0.05) is 53.4 Å². The third kappa shape index (κ3) is 3.24. The Kier molecular flexibility index (Phi) is 5.76. The normalized spacial score (nSPS) is 16.8. The number of hydrogen-bond donors (Lipinski definition) is 0. The minimum absolute atomic E-state index is 0.935. The van der Waals surface area contributed by atoms with Crippen molar-refractivity contribution in [2.75, 3.05) is 0 Å². The number of rotatable bonds is 5. The van der Waals surface area contributed by atoms with Gasteiger partial charge in [-0.3, -0.25) is 0 Å². The molecule has 0 bridgehead atoms. The van der Waals surface area contributed by atoms with Gasteiger partial charge in [0, 0.05) is 0 Å². The Hall–Kier alpha value is 0. The lowest BCUT2D eigenvalue weighted by Gasteiger charge is -2.20. The SMILES string of the molecule is CCCC(CC)C(C)CC. The molecule has 0 saturated heterocycles. The van der Waals surface area contributed by atoms with Gasteiger partial charge >= 0.3 is 0 Å².